The number of benzene rings is 3. The summed E-state index contributed by atoms with van der Waals surface area (Å²) in [4.78, 5) is 24.2. The van der Waals surface area contributed by atoms with Gasteiger partial charge in [-0.3, -0.25) is 20.4 Å². The number of carbonyl (C=O) groups is 2. The summed E-state index contributed by atoms with van der Waals surface area (Å²) in [5, 5.41) is 0. The van der Waals surface area contributed by atoms with Crippen LogP contribution in [0.1, 0.15) is 42.1 Å². The molecule has 0 aliphatic carbocycles. The van der Waals surface area contributed by atoms with Gasteiger partial charge in [-0.25, -0.2) is 0 Å². The SMILES string of the molecule is CC[C@H](C)c1ccc(OCC(=O)NNC(=O)c2ccc(-c3ccccc3)cc2)cc1. The second-order valence-electron chi connectivity index (χ2n) is 7.11. The molecule has 0 saturated heterocycles. The van der Waals surface area contributed by atoms with Gasteiger partial charge in [0.05, 0.1) is 0 Å². The van der Waals surface area contributed by atoms with Gasteiger partial charge in [-0.1, -0.05) is 68.4 Å². The van der Waals surface area contributed by atoms with E-state index in [0.29, 0.717) is 17.2 Å². The first-order valence-electron chi connectivity index (χ1n) is 10.0. The molecule has 0 saturated carbocycles. The van der Waals surface area contributed by atoms with Crippen molar-refractivity contribution >= 4 is 11.8 Å². The Labute approximate surface area is 177 Å². The van der Waals surface area contributed by atoms with Crippen LogP contribution in [0.15, 0.2) is 78.9 Å². The molecule has 0 bridgehead atoms. The summed E-state index contributed by atoms with van der Waals surface area (Å²) < 4.78 is 5.48. The van der Waals surface area contributed by atoms with E-state index < -0.39 is 5.91 Å². The van der Waals surface area contributed by atoms with Gasteiger partial charge in [-0.2, -0.15) is 0 Å². The highest BCUT2D eigenvalue weighted by atomic mass is 16.5. The number of hydrogen-bond donors (Lipinski definition) is 2. The van der Waals surface area contributed by atoms with Crippen LogP contribution in [-0.4, -0.2) is 18.4 Å². The highest BCUT2D eigenvalue weighted by molar-refractivity contribution is 5.95. The maximum Gasteiger partial charge on any atom is 0.276 e. The van der Waals surface area contributed by atoms with Crippen LogP contribution >= 0.6 is 0 Å². The molecule has 5 heteroatoms. The van der Waals surface area contributed by atoms with E-state index in [1.165, 1.54) is 5.56 Å². The number of carbonyl (C=O) groups excluding carboxylic acids is 2. The van der Waals surface area contributed by atoms with Crippen molar-refractivity contribution < 1.29 is 14.3 Å². The zero-order chi connectivity index (χ0) is 21.3. The zero-order valence-electron chi connectivity index (χ0n) is 17.2. The average Bonchev–Trinajstić information content (AvgIpc) is 2.81. The van der Waals surface area contributed by atoms with Gasteiger partial charge in [0.25, 0.3) is 11.8 Å². The molecule has 2 N–H and O–H groups in total. The molecule has 0 fully saturated rings. The van der Waals surface area contributed by atoms with Crippen molar-refractivity contribution in [1.82, 2.24) is 10.9 Å². The van der Waals surface area contributed by atoms with Crippen molar-refractivity contribution in [3.8, 4) is 16.9 Å². The van der Waals surface area contributed by atoms with E-state index in [2.05, 4.69) is 24.7 Å². The van der Waals surface area contributed by atoms with E-state index in [0.717, 1.165) is 17.5 Å². The minimum Gasteiger partial charge on any atom is -0.484 e. The maximum atomic E-state index is 12.2. The normalized spacial score (nSPS) is 11.4. The van der Waals surface area contributed by atoms with Gasteiger partial charge in [0.1, 0.15) is 5.75 Å². The quantitative estimate of drug-likeness (QED) is 0.563. The van der Waals surface area contributed by atoms with Crippen LogP contribution in [0.5, 0.6) is 5.75 Å². The zero-order valence-corrected chi connectivity index (χ0v) is 17.2. The summed E-state index contributed by atoms with van der Waals surface area (Å²) in [5.74, 6) is 0.274. The molecule has 2 amide bonds. The van der Waals surface area contributed by atoms with E-state index in [1.807, 2.05) is 66.7 Å². The number of rotatable bonds is 7. The molecule has 0 radical (unpaired) electrons. The molecular weight excluding hydrogens is 376 g/mol. The topological polar surface area (TPSA) is 67.4 Å². The smallest absolute Gasteiger partial charge is 0.276 e. The van der Waals surface area contributed by atoms with E-state index >= 15 is 0 Å². The molecule has 0 unspecified atom stereocenters. The molecule has 0 aliphatic heterocycles. The standard InChI is InChI=1S/C25H26N2O3/c1-3-18(2)19-13-15-23(16-14-19)30-17-24(28)26-27-25(29)22-11-9-21(10-12-22)20-7-5-4-6-8-20/h4-16,18H,3,17H2,1-2H3,(H,26,28)(H,27,29)/t18-/m0/s1. The first-order chi connectivity index (χ1) is 14.6. The fraction of sp³-hybridized carbons (Fsp3) is 0.200. The van der Waals surface area contributed by atoms with E-state index in [4.69, 9.17) is 4.74 Å². The molecular formula is C25H26N2O3. The van der Waals surface area contributed by atoms with Crippen molar-refractivity contribution in [2.24, 2.45) is 0 Å². The summed E-state index contributed by atoms with van der Waals surface area (Å²) in [6.45, 7) is 4.13. The Morgan fingerprint density at radius 3 is 2.10 bits per heavy atom. The molecule has 3 aromatic carbocycles. The molecule has 3 aromatic rings. The molecule has 154 valence electrons. The summed E-state index contributed by atoms with van der Waals surface area (Å²) in [6, 6.07) is 24.8. The Morgan fingerprint density at radius 1 is 0.833 bits per heavy atom. The van der Waals surface area contributed by atoms with Gasteiger partial charge >= 0.3 is 0 Å². The van der Waals surface area contributed by atoms with Crippen LogP contribution in [0.2, 0.25) is 0 Å². The van der Waals surface area contributed by atoms with Crippen LogP contribution in [0, 0.1) is 0 Å². The number of nitrogens with one attached hydrogen (secondary N) is 2. The lowest BCUT2D eigenvalue weighted by Crippen LogP contribution is -2.43. The Kier molecular flexibility index (Phi) is 7.22. The first-order valence-corrected chi connectivity index (χ1v) is 10.0. The number of ether oxygens (including phenoxy) is 1. The van der Waals surface area contributed by atoms with Crippen molar-refractivity contribution in [2.45, 2.75) is 26.2 Å². The monoisotopic (exact) mass is 402 g/mol. The average molecular weight is 402 g/mol. The van der Waals surface area contributed by atoms with Crippen LogP contribution in [0.3, 0.4) is 0 Å². The van der Waals surface area contributed by atoms with Crippen LogP contribution < -0.4 is 15.6 Å². The Balaban J connectivity index is 1.45. The predicted molar refractivity (Wildman–Crippen MR) is 118 cm³/mol. The lowest BCUT2D eigenvalue weighted by Gasteiger charge is -2.11. The van der Waals surface area contributed by atoms with Crippen molar-refractivity contribution in [3.63, 3.8) is 0 Å². The van der Waals surface area contributed by atoms with Gasteiger partial charge in [0.15, 0.2) is 6.61 Å². The summed E-state index contributed by atoms with van der Waals surface area (Å²) in [7, 11) is 0. The van der Waals surface area contributed by atoms with Crippen LogP contribution in [-0.2, 0) is 4.79 Å². The molecule has 1 atom stereocenters. The Bertz CT molecular complexity index is 968. The van der Waals surface area contributed by atoms with Crippen molar-refractivity contribution in [3.05, 3.63) is 90.0 Å². The van der Waals surface area contributed by atoms with Crippen LogP contribution in [0.4, 0.5) is 0 Å². The van der Waals surface area contributed by atoms with Gasteiger partial charge < -0.3 is 4.74 Å². The third kappa shape index (κ3) is 5.70. The van der Waals surface area contributed by atoms with E-state index in [-0.39, 0.29) is 12.5 Å². The maximum absolute atomic E-state index is 12.2. The molecule has 0 aromatic heterocycles. The Morgan fingerprint density at radius 2 is 1.47 bits per heavy atom. The lowest BCUT2D eigenvalue weighted by molar-refractivity contribution is -0.123. The van der Waals surface area contributed by atoms with Gasteiger partial charge in [0.2, 0.25) is 0 Å². The minimum absolute atomic E-state index is 0.185. The van der Waals surface area contributed by atoms with Gasteiger partial charge in [-0.05, 0) is 53.3 Å². The molecule has 3 rings (SSSR count). The second-order valence-corrected chi connectivity index (χ2v) is 7.11. The predicted octanol–water partition coefficient (Wildman–Crippen LogP) is 4.71. The third-order valence-corrected chi connectivity index (χ3v) is 5.00. The summed E-state index contributed by atoms with van der Waals surface area (Å²) in [6.07, 6.45) is 1.07. The molecule has 0 heterocycles. The number of amides is 2. The largest absolute Gasteiger partial charge is 0.484 e. The van der Waals surface area contributed by atoms with Crippen molar-refractivity contribution in [1.29, 1.82) is 0 Å². The minimum atomic E-state index is -0.435. The highest BCUT2D eigenvalue weighted by Gasteiger charge is 2.09. The lowest BCUT2D eigenvalue weighted by atomic mass is 9.99. The molecule has 0 spiro atoms. The van der Waals surface area contributed by atoms with E-state index in [9.17, 15) is 9.59 Å². The van der Waals surface area contributed by atoms with E-state index in [1.54, 1.807) is 12.1 Å². The fourth-order valence-corrected chi connectivity index (χ4v) is 2.96. The fourth-order valence-electron chi connectivity index (χ4n) is 2.96. The summed E-state index contributed by atoms with van der Waals surface area (Å²) in [5.41, 5.74) is 8.56. The first kappa shape index (κ1) is 21.1. The number of hydrogen-bond acceptors (Lipinski definition) is 3. The van der Waals surface area contributed by atoms with Crippen LogP contribution in [0.25, 0.3) is 11.1 Å². The molecule has 30 heavy (non-hydrogen) atoms. The van der Waals surface area contributed by atoms with Crippen molar-refractivity contribution in [2.75, 3.05) is 6.61 Å². The molecule has 5 nitrogen and oxygen atoms in total. The number of hydrazine groups is 1. The van der Waals surface area contributed by atoms with Gasteiger partial charge in [-0.15, -0.1) is 0 Å². The summed E-state index contributed by atoms with van der Waals surface area (Å²) >= 11 is 0. The second kappa shape index (κ2) is 10.3. The molecule has 0 aliphatic rings. The highest BCUT2D eigenvalue weighted by Crippen LogP contribution is 2.21. The Hall–Kier alpha value is -3.60. The third-order valence-electron chi connectivity index (χ3n) is 5.00. The van der Waals surface area contributed by atoms with Gasteiger partial charge in [0, 0.05) is 5.56 Å².